The summed E-state index contributed by atoms with van der Waals surface area (Å²) in [5.74, 6) is -0.412. The SMILES string of the molecule is CN(C(=O)C1CCN(c2ccc([N+](=O)[O-])c(/C=C3/NC(=O)NC3=O)c2)CC1)C1CCCCC1. The Balaban J connectivity index is 1.45. The molecule has 1 aliphatic carbocycles. The van der Waals surface area contributed by atoms with Gasteiger partial charge in [0.15, 0.2) is 0 Å². The maximum Gasteiger partial charge on any atom is 0.326 e. The quantitative estimate of drug-likeness (QED) is 0.304. The first-order valence-corrected chi connectivity index (χ1v) is 11.5. The molecular weight excluding hydrogens is 426 g/mol. The molecule has 3 aliphatic rings. The van der Waals surface area contributed by atoms with E-state index in [2.05, 4.69) is 15.5 Å². The van der Waals surface area contributed by atoms with Gasteiger partial charge in [0.05, 0.1) is 10.5 Å². The van der Waals surface area contributed by atoms with Crippen LogP contribution in [0.5, 0.6) is 0 Å². The number of carbonyl (C=O) groups excluding carboxylic acids is 3. The number of rotatable bonds is 5. The van der Waals surface area contributed by atoms with Gasteiger partial charge in [-0.3, -0.25) is 25.0 Å². The number of urea groups is 1. The van der Waals surface area contributed by atoms with E-state index in [0.717, 1.165) is 31.4 Å². The van der Waals surface area contributed by atoms with E-state index in [4.69, 9.17) is 0 Å². The summed E-state index contributed by atoms with van der Waals surface area (Å²) in [5, 5.41) is 15.9. The molecule has 176 valence electrons. The highest BCUT2D eigenvalue weighted by molar-refractivity contribution is 6.14. The maximum atomic E-state index is 13.0. The summed E-state index contributed by atoms with van der Waals surface area (Å²) < 4.78 is 0. The maximum absolute atomic E-state index is 13.0. The molecule has 33 heavy (non-hydrogen) atoms. The summed E-state index contributed by atoms with van der Waals surface area (Å²) in [6, 6.07) is 4.44. The van der Waals surface area contributed by atoms with Crippen molar-refractivity contribution in [3.8, 4) is 0 Å². The van der Waals surface area contributed by atoms with Crippen molar-refractivity contribution in [3.63, 3.8) is 0 Å². The molecular formula is C23H29N5O5. The predicted molar refractivity (Wildman–Crippen MR) is 122 cm³/mol. The van der Waals surface area contributed by atoms with Crippen molar-refractivity contribution in [1.29, 1.82) is 0 Å². The molecule has 1 aromatic carbocycles. The number of nitrogens with zero attached hydrogens (tertiary/aromatic N) is 3. The third-order valence-corrected chi connectivity index (χ3v) is 6.91. The topological polar surface area (TPSA) is 125 Å². The zero-order valence-electron chi connectivity index (χ0n) is 18.7. The second-order valence-corrected chi connectivity index (χ2v) is 8.97. The van der Waals surface area contributed by atoms with Crippen LogP contribution < -0.4 is 15.5 Å². The third kappa shape index (κ3) is 4.99. The van der Waals surface area contributed by atoms with Crippen molar-refractivity contribution < 1.29 is 19.3 Å². The van der Waals surface area contributed by atoms with Crippen LogP contribution in [0, 0.1) is 16.0 Å². The molecule has 0 aromatic heterocycles. The number of amides is 4. The van der Waals surface area contributed by atoms with Crippen LogP contribution in [0.15, 0.2) is 23.9 Å². The Kier molecular flexibility index (Phi) is 6.62. The zero-order chi connectivity index (χ0) is 23.5. The molecule has 10 heteroatoms. The fourth-order valence-electron chi connectivity index (χ4n) is 4.98. The summed E-state index contributed by atoms with van der Waals surface area (Å²) in [6.45, 7) is 1.33. The fraction of sp³-hybridized carbons (Fsp3) is 0.522. The van der Waals surface area contributed by atoms with E-state index < -0.39 is 16.9 Å². The van der Waals surface area contributed by atoms with Crippen LogP contribution in [0.2, 0.25) is 0 Å². The molecule has 4 amide bonds. The van der Waals surface area contributed by atoms with Gasteiger partial charge in [-0.15, -0.1) is 0 Å². The molecule has 0 radical (unpaired) electrons. The molecule has 4 rings (SSSR count). The smallest absolute Gasteiger partial charge is 0.326 e. The van der Waals surface area contributed by atoms with E-state index >= 15 is 0 Å². The second kappa shape index (κ2) is 9.60. The normalized spacial score (nSPS) is 21.1. The summed E-state index contributed by atoms with van der Waals surface area (Å²) in [4.78, 5) is 51.2. The van der Waals surface area contributed by atoms with Crippen molar-refractivity contribution in [2.45, 2.75) is 51.0 Å². The number of hydrogen-bond donors (Lipinski definition) is 2. The van der Waals surface area contributed by atoms with Gasteiger partial charge in [-0.2, -0.15) is 0 Å². The zero-order valence-corrected chi connectivity index (χ0v) is 18.7. The minimum absolute atomic E-state index is 0.00906. The Morgan fingerprint density at radius 1 is 1.12 bits per heavy atom. The molecule has 2 saturated heterocycles. The van der Waals surface area contributed by atoms with Gasteiger partial charge in [-0.05, 0) is 43.9 Å². The molecule has 2 aliphatic heterocycles. The lowest BCUT2D eigenvalue weighted by Crippen LogP contribution is -2.45. The molecule has 1 saturated carbocycles. The average molecular weight is 456 g/mol. The molecule has 2 heterocycles. The fourth-order valence-corrected chi connectivity index (χ4v) is 4.98. The Labute approximate surface area is 192 Å². The van der Waals surface area contributed by atoms with Crippen LogP contribution in [0.25, 0.3) is 6.08 Å². The third-order valence-electron chi connectivity index (χ3n) is 6.91. The van der Waals surface area contributed by atoms with E-state index in [1.165, 1.54) is 31.4 Å². The number of imide groups is 1. The van der Waals surface area contributed by atoms with Gasteiger partial charge in [0, 0.05) is 43.9 Å². The van der Waals surface area contributed by atoms with Crippen molar-refractivity contribution >= 4 is 35.3 Å². The molecule has 0 atom stereocenters. The molecule has 0 unspecified atom stereocenters. The van der Waals surface area contributed by atoms with Crippen molar-refractivity contribution in [2.24, 2.45) is 5.92 Å². The number of nitrogens with one attached hydrogen (secondary N) is 2. The summed E-state index contributed by atoms with van der Waals surface area (Å²) in [7, 11) is 1.93. The summed E-state index contributed by atoms with van der Waals surface area (Å²) in [5.41, 5.74) is 0.832. The van der Waals surface area contributed by atoms with Crippen LogP contribution in [0.1, 0.15) is 50.5 Å². The van der Waals surface area contributed by atoms with E-state index in [1.807, 2.05) is 11.9 Å². The van der Waals surface area contributed by atoms with Crippen LogP contribution in [0.4, 0.5) is 16.2 Å². The Morgan fingerprint density at radius 3 is 2.42 bits per heavy atom. The van der Waals surface area contributed by atoms with Crippen molar-refractivity contribution in [2.75, 3.05) is 25.0 Å². The van der Waals surface area contributed by atoms with Crippen LogP contribution in [-0.4, -0.2) is 53.8 Å². The first-order chi connectivity index (χ1) is 15.8. The van der Waals surface area contributed by atoms with E-state index in [-0.39, 0.29) is 28.8 Å². The average Bonchev–Trinajstić information content (AvgIpc) is 3.14. The monoisotopic (exact) mass is 455 g/mol. The second-order valence-electron chi connectivity index (χ2n) is 8.97. The van der Waals surface area contributed by atoms with Gasteiger partial charge >= 0.3 is 6.03 Å². The van der Waals surface area contributed by atoms with Crippen LogP contribution in [0.3, 0.4) is 0 Å². The molecule has 1 aromatic rings. The first kappa shape index (κ1) is 22.8. The number of benzene rings is 1. The van der Waals surface area contributed by atoms with E-state index in [1.54, 1.807) is 12.1 Å². The van der Waals surface area contributed by atoms with Crippen molar-refractivity contribution in [3.05, 3.63) is 39.6 Å². The number of anilines is 1. The van der Waals surface area contributed by atoms with E-state index in [9.17, 15) is 24.5 Å². The largest absolute Gasteiger partial charge is 0.371 e. The van der Waals surface area contributed by atoms with Crippen LogP contribution >= 0.6 is 0 Å². The van der Waals surface area contributed by atoms with Gasteiger partial charge in [0.1, 0.15) is 5.70 Å². The molecule has 10 nitrogen and oxygen atoms in total. The highest BCUT2D eigenvalue weighted by Gasteiger charge is 2.31. The Bertz CT molecular complexity index is 993. The standard InChI is InChI=1S/C23H29N5O5/c1-26(17-5-3-2-4-6-17)22(30)15-9-11-27(12-10-15)18-7-8-20(28(32)33)16(13-18)14-19-21(29)25-23(31)24-19/h7-8,13-15,17H,2-6,9-12H2,1H3,(H2,24,25,29,31)/b19-14+. The Morgan fingerprint density at radius 2 is 1.82 bits per heavy atom. The highest BCUT2D eigenvalue weighted by Crippen LogP contribution is 2.31. The van der Waals surface area contributed by atoms with Gasteiger partial charge in [0.2, 0.25) is 5.91 Å². The molecule has 0 bridgehead atoms. The number of nitro groups is 1. The lowest BCUT2D eigenvalue weighted by Gasteiger charge is -2.37. The number of nitro benzene ring substituents is 1. The molecule has 3 fully saturated rings. The number of hydrogen-bond acceptors (Lipinski definition) is 6. The number of piperidine rings is 1. The lowest BCUT2D eigenvalue weighted by atomic mass is 9.91. The predicted octanol–water partition coefficient (Wildman–Crippen LogP) is 2.78. The van der Waals surface area contributed by atoms with Gasteiger partial charge in [-0.1, -0.05) is 19.3 Å². The lowest BCUT2D eigenvalue weighted by molar-refractivity contribution is -0.385. The molecule has 0 spiro atoms. The summed E-state index contributed by atoms with van der Waals surface area (Å²) in [6.07, 6.45) is 8.55. The minimum atomic E-state index is -0.657. The van der Waals surface area contributed by atoms with Gasteiger partial charge in [0.25, 0.3) is 11.6 Å². The highest BCUT2D eigenvalue weighted by atomic mass is 16.6. The van der Waals surface area contributed by atoms with E-state index in [0.29, 0.717) is 19.1 Å². The summed E-state index contributed by atoms with van der Waals surface area (Å²) >= 11 is 0. The van der Waals surface area contributed by atoms with Gasteiger partial charge < -0.3 is 15.1 Å². The minimum Gasteiger partial charge on any atom is -0.371 e. The van der Waals surface area contributed by atoms with Crippen LogP contribution in [-0.2, 0) is 9.59 Å². The van der Waals surface area contributed by atoms with Crippen molar-refractivity contribution in [1.82, 2.24) is 15.5 Å². The first-order valence-electron chi connectivity index (χ1n) is 11.5. The number of carbonyl (C=O) groups is 3. The molecule has 2 N–H and O–H groups in total. The Hall–Kier alpha value is -3.43. The van der Waals surface area contributed by atoms with Gasteiger partial charge in [-0.25, -0.2) is 4.79 Å².